The van der Waals surface area contributed by atoms with Gasteiger partial charge < -0.3 is 15.0 Å². The molecule has 108 valence electrons. The first-order chi connectivity index (χ1) is 9.10. The van der Waals surface area contributed by atoms with Crippen LogP contribution in [0.4, 0.5) is 4.79 Å². The lowest BCUT2D eigenvalue weighted by molar-refractivity contribution is -0.189. The van der Waals surface area contributed by atoms with Crippen LogP contribution in [-0.4, -0.2) is 54.3 Å². The number of rotatable bonds is 1. The molecule has 2 aliphatic heterocycles. The highest BCUT2D eigenvalue weighted by Crippen LogP contribution is 2.51. The Kier molecular flexibility index (Phi) is 3.69. The third-order valence-corrected chi connectivity index (χ3v) is 5.85. The van der Waals surface area contributed by atoms with Crippen LogP contribution in [0.1, 0.15) is 26.7 Å². The molecule has 2 saturated heterocycles. The third-order valence-electron chi connectivity index (χ3n) is 4.91. The number of hydrogen-bond acceptors (Lipinski definition) is 3. The molecule has 3 aliphatic rings. The first kappa shape index (κ1) is 13.6. The van der Waals surface area contributed by atoms with Crippen molar-refractivity contribution < 1.29 is 9.53 Å². The molecule has 3 atom stereocenters. The van der Waals surface area contributed by atoms with Gasteiger partial charge in [-0.1, -0.05) is 13.8 Å². The average molecular weight is 284 g/mol. The molecule has 0 radical (unpaired) electrons. The Morgan fingerprint density at radius 3 is 2.84 bits per heavy atom. The quantitative estimate of drug-likeness (QED) is 0.800. The number of amides is 2. The number of ether oxygens (including phenoxy) is 1. The van der Waals surface area contributed by atoms with Crippen molar-refractivity contribution in [2.24, 2.45) is 11.3 Å². The molecule has 0 aromatic heterocycles. The number of carbonyl (C=O) groups is 1. The van der Waals surface area contributed by atoms with E-state index in [9.17, 15) is 4.79 Å². The molecule has 0 aromatic rings. The topological polar surface area (TPSA) is 41.6 Å². The minimum absolute atomic E-state index is 0.0747. The van der Waals surface area contributed by atoms with E-state index in [-0.39, 0.29) is 17.5 Å². The van der Waals surface area contributed by atoms with Gasteiger partial charge in [0.15, 0.2) is 0 Å². The first-order valence-electron chi connectivity index (χ1n) is 7.35. The molecule has 19 heavy (non-hydrogen) atoms. The normalized spacial score (nSPS) is 37.2. The van der Waals surface area contributed by atoms with Crippen LogP contribution in [0.15, 0.2) is 0 Å². The smallest absolute Gasteiger partial charge is 0.317 e. The fourth-order valence-corrected chi connectivity index (χ4v) is 4.71. The molecular formula is C14H24N2O2S. The molecule has 0 spiro atoms. The number of nitrogens with one attached hydrogen (secondary N) is 1. The predicted molar refractivity (Wildman–Crippen MR) is 77.5 cm³/mol. The second-order valence-corrected chi connectivity index (χ2v) is 7.67. The van der Waals surface area contributed by atoms with Gasteiger partial charge in [-0.2, -0.15) is 11.8 Å². The van der Waals surface area contributed by atoms with Crippen molar-refractivity contribution in [1.82, 2.24) is 10.2 Å². The maximum atomic E-state index is 12.3. The number of nitrogens with zero attached hydrogens (tertiary/aromatic N) is 1. The fourth-order valence-electron chi connectivity index (χ4n) is 3.81. The molecule has 4 nitrogen and oxygen atoms in total. The molecule has 1 aliphatic carbocycles. The van der Waals surface area contributed by atoms with Crippen LogP contribution in [0.2, 0.25) is 0 Å². The minimum Gasteiger partial charge on any atom is -0.377 e. The van der Waals surface area contributed by atoms with E-state index in [1.54, 1.807) is 0 Å². The number of carbonyl (C=O) groups excluding carboxylic acids is 1. The number of urea groups is 1. The standard InChI is InChI=1S/C14H24N2O2S/c1-14(2)11(10-4-3-7-18-12(10)14)15-13(17)16-5-8-19-9-6-16/h10-12H,3-9H2,1-2H3,(H,15,17)/t10-,11+,12-/m0/s1. The monoisotopic (exact) mass is 284 g/mol. The van der Waals surface area contributed by atoms with Gasteiger partial charge >= 0.3 is 6.03 Å². The van der Waals surface area contributed by atoms with Gasteiger partial charge in [-0.3, -0.25) is 0 Å². The van der Waals surface area contributed by atoms with Crippen LogP contribution in [0.5, 0.6) is 0 Å². The summed E-state index contributed by atoms with van der Waals surface area (Å²) in [5.74, 6) is 2.65. The van der Waals surface area contributed by atoms with E-state index < -0.39 is 0 Å². The van der Waals surface area contributed by atoms with E-state index in [1.807, 2.05) is 16.7 Å². The van der Waals surface area contributed by atoms with Crippen LogP contribution in [-0.2, 0) is 4.74 Å². The lowest BCUT2D eigenvalue weighted by atomic mass is 9.55. The highest BCUT2D eigenvalue weighted by molar-refractivity contribution is 7.99. The van der Waals surface area contributed by atoms with E-state index in [0.717, 1.165) is 37.6 Å². The zero-order chi connectivity index (χ0) is 13.5. The Bertz CT molecular complexity index is 355. The molecular weight excluding hydrogens is 260 g/mol. The second kappa shape index (κ2) is 5.17. The van der Waals surface area contributed by atoms with E-state index in [4.69, 9.17) is 4.74 Å². The van der Waals surface area contributed by atoms with Crippen LogP contribution in [0.3, 0.4) is 0 Å². The number of hydrogen-bond donors (Lipinski definition) is 1. The summed E-state index contributed by atoms with van der Waals surface area (Å²) in [6.45, 7) is 7.09. The summed E-state index contributed by atoms with van der Waals surface area (Å²) < 4.78 is 5.88. The Morgan fingerprint density at radius 2 is 2.11 bits per heavy atom. The SMILES string of the molecule is CC1(C)[C@H](NC(=O)N2CCSCC2)[C@@H]2CCCO[C@@H]21. The van der Waals surface area contributed by atoms with Gasteiger partial charge in [0.1, 0.15) is 0 Å². The van der Waals surface area contributed by atoms with Gasteiger partial charge in [0.25, 0.3) is 0 Å². The maximum absolute atomic E-state index is 12.3. The van der Waals surface area contributed by atoms with E-state index in [0.29, 0.717) is 12.0 Å². The summed E-state index contributed by atoms with van der Waals surface area (Å²) in [5.41, 5.74) is 0.0747. The molecule has 3 rings (SSSR count). The third kappa shape index (κ3) is 2.35. The van der Waals surface area contributed by atoms with Gasteiger partial charge in [0.2, 0.25) is 0 Å². The zero-order valence-electron chi connectivity index (χ0n) is 11.9. The van der Waals surface area contributed by atoms with Crippen molar-refractivity contribution in [3.05, 3.63) is 0 Å². The summed E-state index contributed by atoms with van der Waals surface area (Å²) in [4.78, 5) is 14.3. The van der Waals surface area contributed by atoms with Crippen LogP contribution in [0.25, 0.3) is 0 Å². The van der Waals surface area contributed by atoms with Crippen LogP contribution >= 0.6 is 11.8 Å². The first-order valence-corrected chi connectivity index (χ1v) is 8.51. The van der Waals surface area contributed by atoms with Gasteiger partial charge in [-0.05, 0) is 12.8 Å². The van der Waals surface area contributed by atoms with Crippen molar-refractivity contribution in [3.8, 4) is 0 Å². The molecule has 0 unspecified atom stereocenters. The molecule has 0 aromatic carbocycles. The van der Waals surface area contributed by atoms with Gasteiger partial charge in [0.05, 0.1) is 6.10 Å². The molecule has 1 saturated carbocycles. The lowest BCUT2D eigenvalue weighted by Gasteiger charge is -2.60. The van der Waals surface area contributed by atoms with Crippen molar-refractivity contribution in [2.75, 3.05) is 31.2 Å². The second-order valence-electron chi connectivity index (χ2n) is 6.45. The van der Waals surface area contributed by atoms with Gasteiger partial charge in [-0.15, -0.1) is 0 Å². The predicted octanol–water partition coefficient (Wildman–Crippen LogP) is 1.95. The van der Waals surface area contributed by atoms with Crippen molar-refractivity contribution >= 4 is 17.8 Å². The minimum atomic E-state index is 0.0747. The Hall–Kier alpha value is -0.420. The van der Waals surface area contributed by atoms with E-state index in [1.165, 1.54) is 6.42 Å². The maximum Gasteiger partial charge on any atom is 0.317 e. The molecule has 2 heterocycles. The largest absolute Gasteiger partial charge is 0.377 e. The van der Waals surface area contributed by atoms with Crippen molar-refractivity contribution in [2.45, 2.75) is 38.8 Å². The highest BCUT2D eigenvalue weighted by Gasteiger charge is 2.58. The fraction of sp³-hybridized carbons (Fsp3) is 0.929. The lowest BCUT2D eigenvalue weighted by Crippen LogP contribution is -2.71. The average Bonchev–Trinajstić information content (AvgIpc) is 2.45. The van der Waals surface area contributed by atoms with Crippen molar-refractivity contribution in [1.29, 1.82) is 0 Å². The Morgan fingerprint density at radius 1 is 1.37 bits per heavy atom. The Balaban J connectivity index is 1.61. The highest BCUT2D eigenvalue weighted by atomic mass is 32.2. The van der Waals surface area contributed by atoms with Crippen LogP contribution < -0.4 is 5.32 Å². The summed E-state index contributed by atoms with van der Waals surface area (Å²) in [6.07, 6.45) is 2.65. The summed E-state index contributed by atoms with van der Waals surface area (Å²) in [6, 6.07) is 0.405. The summed E-state index contributed by atoms with van der Waals surface area (Å²) in [5, 5.41) is 3.27. The molecule has 0 bridgehead atoms. The van der Waals surface area contributed by atoms with Crippen LogP contribution in [0, 0.1) is 11.3 Å². The van der Waals surface area contributed by atoms with Crippen molar-refractivity contribution in [3.63, 3.8) is 0 Å². The molecule has 5 heteroatoms. The molecule has 1 N–H and O–H groups in total. The number of thioether (sulfide) groups is 1. The van der Waals surface area contributed by atoms with Gasteiger partial charge in [0, 0.05) is 48.6 Å². The summed E-state index contributed by atoms with van der Waals surface area (Å²) >= 11 is 1.93. The van der Waals surface area contributed by atoms with Gasteiger partial charge in [-0.25, -0.2) is 4.79 Å². The van der Waals surface area contributed by atoms with E-state index >= 15 is 0 Å². The summed E-state index contributed by atoms with van der Waals surface area (Å²) in [7, 11) is 0. The Labute approximate surface area is 119 Å². The molecule has 3 fully saturated rings. The number of fused-ring (bicyclic) bond motifs is 1. The van der Waals surface area contributed by atoms with E-state index in [2.05, 4.69) is 19.2 Å². The zero-order valence-corrected chi connectivity index (χ0v) is 12.7. The molecule has 2 amide bonds.